The van der Waals surface area contributed by atoms with Crippen LogP contribution in [-0.2, 0) is 10.0 Å². The molecule has 0 amide bonds. The van der Waals surface area contributed by atoms with Crippen LogP contribution in [0.1, 0.15) is 0 Å². The van der Waals surface area contributed by atoms with E-state index >= 15 is 0 Å². The van der Waals surface area contributed by atoms with Crippen molar-refractivity contribution >= 4 is 38.2 Å². The quantitative estimate of drug-likeness (QED) is 0.733. The van der Waals surface area contributed by atoms with E-state index in [2.05, 4.69) is 4.98 Å². The van der Waals surface area contributed by atoms with E-state index in [-0.39, 0.29) is 4.90 Å². The summed E-state index contributed by atoms with van der Waals surface area (Å²) in [5.41, 5.74) is 1.12. The summed E-state index contributed by atoms with van der Waals surface area (Å²) in [6, 6.07) is 9.96. The molecule has 1 N–H and O–H groups in total. The number of methoxy groups -OCH3 is 2. The van der Waals surface area contributed by atoms with Gasteiger partial charge in [0, 0.05) is 35.2 Å². The second kappa shape index (κ2) is 6.50. The highest BCUT2D eigenvalue weighted by Crippen LogP contribution is 2.34. The van der Waals surface area contributed by atoms with Gasteiger partial charge in [-0.25, -0.2) is 8.42 Å². The third-order valence-corrected chi connectivity index (χ3v) is 6.04. The van der Waals surface area contributed by atoms with Crippen LogP contribution in [0.2, 0.25) is 5.02 Å². The SMILES string of the molecule is COc1ccc(N(C)S(=O)(=O)c2c[nH]c3cc(Cl)ccc23)cc1OC. The number of hydrogen-bond acceptors (Lipinski definition) is 4. The number of sulfonamides is 1. The summed E-state index contributed by atoms with van der Waals surface area (Å²) in [5.74, 6) is 0.978. The molecule has 25 heavy (non-hydrogen) atoms. The van der Waals surface area contributed by atoms with Gasteiger partial charge < -0.3 is 14.5 Å². The highest BCUT2D eigenvalue weighted by Gasteiger charge is 2.25. The number of nitrogens with one attached hydrogen (secondary N) is 1. The smallest absolute Gasteiger partial charge is 0.266 e. The number of H-pyrrole nitrogens is 1. The molecule has 1 aromatic heterocycles. The van der Waals surface area contributed by atoms with Crippen LogP contribution in [0, 0.1) is 0 Å². The zero-order valence-electron chi connectivity index (χ0n) is 13.9. The molecule has 2 aromatic carbocycles. The first-order chi connectivity index (χ1) is 11.9. The zero-order chi connectivity index (χ0) is 18.2. The Morgan fingerprint density at radius 3 is 2.44 bits per heavy atom. The molecule has 0 fully saturated rings. The van der Waals surface area contributed by atoms with Crippen LogP contribution in [0.5, 0.6) is 11.5 Å². The second-order valence-electron chi connectivity index (χ2n) is 5.35. The monoisotopic (exact) mass is 380 g/mol. The summed E-state index contributed by atoms with van der Waals surface area (Å²) >= 11 is 5.96. The molecule has 1 heterocycles. The Balaban J connectivity index is 2.07. The van der Waals surface area contributed by atoms with Crippen molar-refractivity contribution in [1.29, 1.82) is 0 Å². The van der Waals surface area contributed by atoms with Crippen molar-refractivity contribution in [1.82, 2.24) is 4.98 Å². The van der Waals surface area contributed by atoms with Gasteiger partial charge in [0.1, 0.15) is 4.90 Å². The van der Waals surface area contributed by atoms with E-state index in [0.29, 0.717) is 33.1 Å². The minimum absolute atomic E-state index is 0.177. The predicted octanol–water partition coefficient (Wildman–Crippen LogP) is 3.66. The van der Waals surface area contributed by atoms with Gasteiger partial charge in [0.15, 0.2) is 11.5 Å². The van der Waals surface area contributed by atoms with Gasteiger partial charge in [-0.2, -0.15) is 0 Å². The van der Waals surface area contributed by atoms with Gasteiger partial charge in [0.2, 0.25) is 0 Å². The van der Waals surface area contributed by atoms with Crippen LogP contribution >= 0.6 is 11.6 Å². The number of anilines is 1. The molecule has 0 bridgehead atoms. The molecule has 3 rings (SSSR count). The number of aromatic amines is 1. The lowest BCUT2D eigenvalue weighted by molar-refractivity contribution is 0.355. The number of nitrogens with zero attached hydrogens (tertiary/aromatic N) is 1. The van der Waals surface area contributed by atoms with Crippen molar-refractivity contribution in [3.8, 4) is 11.5 Å². The van der Waals surface area contributed by atoms with Gasteiger partial charge in [-0.05, 0) is 30.3 Å². The number of hydrogen-bond donors (Lipinski definition) is 1. The van der Waals surface area contributed by atoms with E-state index in [0.717, 1.165) is 0 Å². The molecule has 0 aliphatic heterocycles. The van der Waals surface area contributed by atoms with Crippen LogP contribution in [0.3, 0.4) is 0 Å². The Hall–Kier alpha value is -2.38. The van der Waals surface area contributed by atoms with Crippen molar-refractivity contribution < 1.29 is 17.9 Å². The van der Waals surface area contributed by atoms with Gasteiger partial charge >= 0.3 is 0 Å². The molecule has 0 aliphatic rings. The first kappa shape index (κ1) is 17.4. The Morgan fingerprint density at radius 1 is 1.04 bits per heavy atom. The Labute approximate surface area is 151 Å². The average Bonchev–Trinajstić information content (AvgIpc) is 3.04. The van der Waals surface area contributed by atoms with Crippen LogP contribution in [-0.4, -0.2) is 34.7 Å². The van der Waals surface area contributed by atoms with Gasteiger partial charge in [0.25, 0.3) is 10.0 Å². The molecule has 3 aromatic rings. The third-order valence-electron chi connectivity index (χ3n) is 3.98. The summed E-state index contributed by atoms with van der Waals surface area (Å²) in [5, 5.41) is 1.11. The van der Waals surface area contributed by atoms with E-state index in [9.17, 15) is 8.42 Å². The molecule has 0 aliphatic carbocycles. The number of ether oxygens (including phenoxy) is 2. The van der Waals surface area contributed by atoms with Crippen molar-refractivity contribution in [3.63, 3.8) is 0 Å². The van der Waals surface area contributed by atoms with Crippen molar-refractivity contribution in [3.05, 3.63) is 47.6 Å². The van der Waals surface area contributed by atoms with Gasteiger partial charge in [-0.1, -0.05) is 11.6 Å². The Kier molecular flexibility index (Phi) is 4.53. The normalized spacial score (nSPS) is 11.5. The predicted molar refractivity (Wildman–Crippen MR) is 98.4 cm³/mol. The number of rotatable bonds is 5. The third kappa shape index (κ3) is 3.01. The van der Waals surface area contributed by atoms with Crippen LogP contribution < -0.4 is 13.8 Å². The van der Waals surface area contributed by atoms with E-state index in [1.165, 1.54) is 31.8 Å². The highest BCUT2D eigenvalue weighted by molar-refractivity contribution is 7.93. The summed E-state index contributed by atoms with van der Waals surface area (Å²) in [6.45, 7) is 0. The average molecular weight is 381 g/mol. The van der Waals surface area contributed by atoms with Gasteiger partial charge in [-0.15, -0.1) is 0 Å². The number of fused-ring (bicyclic) bond motifs is 1. The lowest BCUT2D eigenvalue weighted by atomic mass is 10.2. The highest BCUT2D eigenvalue weighted by atomic mass is 35.5. The first-order valence-electron chi connectivity index (χ1n) is 7.36. The van der Waals surface area contributed by atoms with Crippen molar-refractivity contribution in [2.45, 2.75) is 4.90 Å². The van der Waals surface area contributed by atoms with Gasteiger partial charge in [-0.3, -0.25) is 4.31 Å². The summed E-state index contributed by atoms with van der Waals surface area (Å²) < 4.78 is 37.7. The summed E-state index contributed by atoms with van der Waals surface area (Å²) in [4.78, 5) is 3.12. The van der Waals surface area contributed by atoms with E-state index < -0.39 is 10.0 Å². The standard InChI is InChI=1S/C17H17ClN2O4S/c1-20(12-5-7-15(23-2)16(9-12)24-3)25(21,22)17-10-19-14-8-11(18)4-6-13(14)17/h4-10,19H,1-3H3. The zero-order valence-corrected chi connectivity index (χ0v) is 15.5. The molecule has 0 spiro atoms. The Bertz CT molecular complexity index is 1030. The maximum absolute atomic E-state index is 13.0. The largest absolute Gasteiger partial charge is 0.493 e. The molecular formula is C17H17ClN2O4S. The van der Waals surface area contributed by atoms with E-state index in [1.807, 2.05) is 0 Å². The van der Waals surface area contributed by atoms with Crippen molar-refractivity contribution in [2.75, 3.05) is 25.6 Å². The lowest BCUT2D eigenvalue weighted by Crippen LogP contribution is -2.26. The molecule has 0 unspecified atom stereocenters. The minimum Gasteiger partial charge on any atom is -0.493 e. The van der Waals surface area contributed by atoms with Crippen LogP contribution in [0.4, 0.5) is 5.69 Å². The van der Waals surface area contributed by atoms with Crippen LogP contribution in [0.15, 0.2) is 47.5 Å². The molecule has 0 radical (unpaired) electrons. The molecule has 8 heteroatoms. The molecule has 0 saturated carbocycles. The molecule has 132 valence electrons. The number of halogens is 1. The maximum Gasteiger partial charge on any atom is 0.266 e. The first-order valence-corrected chi connectivity index (χ1v) is 9.18. The minimum atomic E-state index is -3.77. The second-order valence-corrected chi connectivity index (χ2v) is 7.73. The van der Waals surface area contributed by atoms with Crippen molar-refractivity contribution in [2.24, 2.45) is 0 Å². The fourth-order valence-electron chi connectivity index (χ4n) is 2.59. The lowest BCUT2D eigenvalue weighted by Gasteiger charge is -2.20. The fraction of sp³-hybridized carbons (Fsp3) is 0.176. The summed E-state index contributed by atoms with van der Waals surface area (Å²) in [6.07, 6.45) is 1.47. The molecule has 0 saturated heterocycles. The topological polar surface area (TPSA) is 71.6 Å². The fourth-order valence-corrected chi connectivity index (χ4v) is 4.11. The van der Waals surface area contributed by atoms with E-state index in [1.54, 1.807) is 36.4 Å². The molecule has 0 atom stereocenters. The molecular weight excluding hydrogens is 364 g/mol. The van der Waals surface area contributed by atoms with Crippen LogP contribution in [0.25, 0.3) is 10.9 Å². The number of aromatic nitrogens is 1. The van der Waals surface area contributed by atoms with Gasteiger partial charge in [0.05, 0.1) is 19.9 Å². The van der Waals surface area contributed by atoms with E-state index in [4.69, 9.17) is 21.1 Å². The Morgan fingerprint density at radius 2 is 1.76 bits per heavy atom. The summed E-state index contributed by atoms with van der Waals surface area (Å²) in [7, 11) is 0.744. The molecule has 6 nitrogen and oxygen atoms in total. The number of benzene rings is 2. The maximum atomic E-state index is 13.0.